The van der Waals surface area contributed by atoms with Crippen molar-refractivity contribution in [1.29, 1.82) is 0 Å². The van der Waals surface area contributed by atoms with Gasteiger partial charge in [0.25, 0.3) is 5.91 Å². The number of hydrogen-bond acceptors (Lipinski definition) is 3. The smallest absolute Gasteiger partial charge is 0.274 e. The highest BCUT2D eigenvalue weighted by Gasteiger charge is 2.29. The average molecular weight is 347 g/mol. The maximum absolute atomic E-state index is 13.0. The van der Waals surface area contributed by atoms with Crippen molar-refractivity contribution in [1.82, 2.24) is 14.5 Å². The van der Waals surface area contributed by atoms with Gasteiger partial charge in [-0.25, -0.2) is 4.98 Å². The highest BCUT2D eigenvalue weighted by Crippen LogP contribution is 2.25. The Morgan fingerprint density at radius 2 is 2.12 bits per heavy atom. The first-order valence-corrected chi connectivity index (χ1v) is 8.69. The van der Waals surface area contributed by atoms with Crippen LogP contribution in [0.4, 0.5) is 0 Å². The number of halogens is 1. The summed E-state index contributed by atoms with van der Waals surface area (Å²) < 4.78 is 1.79. The van der Waals surface area contributed by atoms with Crippen LogP contribution >= 0.6 is 11.6 Å². The largest absolute Gasteiger partial charge is 0.340 e. The SMILES string of the molecule is Cn1cnc(C(=O)N(Cc2cccc(Cl)c2)C2CCC(N)CC2)c1. The Morgan fingerprint density at radius 3 is 2.75 bits per heavy atom. The van der Waals surface area contributed by atoms with Gasteiger partial charge in [-0.3, -0.25) is 4.79 Å². The number of carbonyl (C=O) groups excluding carboxylic acids is 1. The lowest BCUT2D eigenvalue weighted by atomic mass is 9.90. The van der Waals surface area contributed by atoms with Gasteiger partial charge >= 0.3 is 0 Å². The van der Waals surface area contributed by atoms with E-state index < -0.39 is 0 Å². The van der Waals surface area contributed by atoms with E-state index in [2.05, 4.69) is 4.98 Å². The Balaban J connectivity index is 1.84. The summed E-state index contributed by atoms with van der Waals surface area (Å²) in [6.07, 6.45) is 7.18. The summed E-state index contributed by atoms with van der Waals surface area (Å²) in [7, 11) is 1.87. The van der Waals surface area contributed by atoms with Crippen LogP contribution in [-0.4, -0.2) is 32.4 Å². The third-order valence-corrected chi connectivity index (χ3v) is 4.84. The first-order chi connectivity index (χ1) is 11.5. The first kappa shape index (κ1) is 17.0. The van der Waals surface area contributed by atoms with Crippen molar-refractivity contribution >= 4 is 17.5 Å². The van der Waals surface area contributed by atoms with Crippen molar-refractivity contribution in [2.45, 2.75) is 44.3 Å². The lowest BCUT2D eigenvalue weighted by molar-refractivity contribution is 0.0601. The van der Waals surface area contributed by atoms with Gasteiger partial charge in [0.1, 0.15) is 5.69 Å². The molecule has 5 nitrogen and oxygen atoms in total. The second-order valence-electron chi connectivity index (χ2n) is 6.56. The van der Waals surface area contributed by atoms with E-state index in [1.54, 1.807) is 17.1 Å². The van der Waals surface area contributed by atoms with E-state index in [0.717, 1.165) is 31.2 Å². The van der Waals surface area contributed by atoms with E-state index >= 15 is 0 Å². The number of benzene rings is 1. The second kappa shape index (κ2) is 7.36. The molecule has 128 valence electrons. The van der Waals surface area contributed by atoms with Gasteiger partial charge in [-0.1, -0.05) is 23.7 Å². The van der Waals surface area contributed by atoms with Gasteiger partial charge < -0.3 is 15.2 Å². The fraction of sp³-hybridized carbons (Fsp3) is 0.444. The molecular formula is C18H23ClN4O. The molecule has 6 heteroatoms. The van der Waals surface area contributed by atoms with Crippen molar-refractivity contribution < 1.29 is 4.79 Å². The monoisotopic (exact) mass is 346 g/mol. The molecule has 1 fully saturated rings. The van der Waals surface area contributed by atoms with Crippen LogP contribution in [0.2, 0.25) is 5.02 Å². The van der Waals surface area contributed by atoms with Crippen LogP contribution in [-0.2, 0) is 13.6 Å². The highest BCUT2D eigenvalue weighted by atomic mass is 35.5. The number of aromatic nitrogens is 2. The summed E-state index contributed by atoms with van der Waals surface area (Å²) in [6.45, 7) is 0.538. The van der Waals surface area contributed by atoms with E-state index in [1.165, 1.54) is 0 Å². The first-order valence-electron chi connectivity index (χ1n) is 8.32. The summed E-state index contributed by atoms with van der Waals surface area (Å²) in [5.41, 5.74) is 7.53. The molecule has 1 aromatic carbocycles. The van der Waals surface area contributed by atoms with Crippen molar-refractivity contribution in [2.24, 2.45) is 12.8 Å². The van der Waals surface area contributed by atoms with Crippen LogP contribution in [0.15, 0.2) is 36.8 Å². The van der Waals surface area contributed by atoms with Gasteiger partial charge in [0.05, 0.1) is 6.33 Å². The molecule has 0 unspecified atom stereocenters. The standard InChI is InChI=1S/C18H23ClN4O/c1-22-11-17(21-12-22)18(24)23(16-7-5-15(20)6-8-16)10-13-3-2-4-14(19)9-13/h2-4,9,11-12,15-16H,5-8,10,20H2,1H3. The Labute approximate surface area is 147 Å². The fourth-order valence-electron chi connectivity index (χ4n) is 3.28. The molecule has 3 rings (SSSR count). The number of aryl methyl sites for hydroxylation is 1. The molecule has 1 aliphatic carbocycles. The molecule has 1 heterocycles. The van der Waals surface area contributed by atoms with Crippen LogP contribution < -0.4 is 5.73 Å². The summed E-state index contributed by atoms with van der Waals surface area (Å²) in [5.74, 6) is -0.0314. The van der Waals surface area contributed by atoms with Crippen LogP contribution in [0, 0.1) is 0 Å². The number of nitrogens with two attached hydrogens (primary N) is 1. The van der Waals surface area contributed by atoms with Crippen molar-refractivity contribution in [2.75, 3.05) is 0 Å². The van der Waals surface area contributed by atoms with Crippen LogP contribution in [0.3, 0.4) is 0 Å². The van der Waals surface area contributed by atoms with Crippen molar-refractivity contribution in [3.05, 3.63) is 53.1 Å². The second-order valence-corrected chi connectivity index (χ2v) is 6.99. The van der Waals surface area contributed by atoms with Crippen LogP contribution in [0.1, 0.15) is 41.7 Å². The lowest BCUT2D eigenvalue weighted by Gasteiger charge is -2.36. The van der Waals surface area contributed by atoms with Crippen molar-refractivity contribution in [3.8, 4) is 0 Å². The molecule has 2 aromatic rings. The van der Waals surface area contributed by atoms with Crippen LogP contribution in [0.25, 0.3) is 0 Å². The predicted molar refractivity (Wildman–Crippen MR) is 94.8 cm³/mol. The molecule has 1 aliphatic rings. The molecule has 0 radical (unpaired) electrons. The lowest BCUT2D eigenvalue weighted by Crippen LogP contribution is -2.44. The number of amides is 1. The van der Waals surface area contributed by atoms with E-state index in [4.69, 9.17) is 17.3 Å². The van der Waals surface area contributed by atoms with Gasteiger partial charge in [0.2, 0.25) is 0 Å². The molecule has 1 saturated carbocycles. The quantitative estimate of drug-likeness (QED) is 0.925. The Hall–Kier alpha value is -1.85. The van der Waals surface area contributed by atoms with Gasteiger partial charge in [-0.2, -0.15) is 0 Å². The normalized spacial score (nSPS) is 20.8. The molecule has 0 saturated heterocycles. The zero-order chi connectivity index (χ0) is 17.1. The van der Waals surface area contributed by atoms with Crippen molar-refractivity contribution in [3.63, 3.8) is 0 Å². The van der Waals surface area contributed by atoms with E-state index in [1.807, 2.05) is 36.2 Å². The molecule has 0 aliphatic heterocycles. The topological polar surface area (TPSA) is 64.2 Å². The number of hydrogen-bond donors (Lipinski definition) is 1. The van der Waals surface area contributed by atoms with Crippen LogP contribution in [0.5, 0.6) is 0 Å². The minimum absolute atomic E-state index is 0.0314. The molecule has 0 atom stereocenters. The van der Waals surface area contributed by atoms with E-state index in [-0.39, 0.29) is 18.0 Å². The molecule has 0 bridgehead atoms. The number of carbonyl (C=O) groups is 1. The zero-order valence-corrected chi connectivity index (χ0v) is 14.6. The molecule has 2 N–H and O–H groups in total. The maximum atomic E-state index is 13.0. The minimum atomic E-state index is -0.0314. The maximum Gasteiger partial charge on any atom is 0.274 e. The third-order valence-electron chi connectivity index (χ3n) is 4.61. The number of imidazole rings is 1. The zero-order valence-electron chi connectivity index (χ0n) is 13.9. The molecule has 24 heavy (non-hydrogen) atoms. The highest BCUT2D eigenvalue weighted by molar-refractivity contribution is 6.30. The van der Waals surface area contributed by atoms with Gasteiger partial charge in [0, 0.05) is 36.9 Å². The summed E-state index contributed by atoms with van der Waals surface area (Å²) in [5, 5.41) is 0.684. The van der Waals surface area contributed by atoms with E-state index in [9.17, 15) is 4.79 Å². The summed E-state index contributed by atoms with van der Waals surface area (Å²) in [6, 6.07) is 8.11. The minimum Gasteiger partial charge on any atom is -0.340 e. The average Bonchev–Trinajstić information content (AvgIpc) is 3.00. The third kappa shape index (κ3) is 3.97. The molecule has 0 spiro atoms. The fourth-order valence-corrected chi connectivity index (χ4v) is 3.50. The summed E-state index contributed by atoms with van der Waals surface area (Å²) >= 11 is 6.10. The van der Waals surface area contributed by atoms with Gasteiger partial charge in [-0.05, 0) is 43.4 Å². The van der Waals surface area contributed by atoms with Gasteiger partial charge in [-0.15, -0.1) is 0 Å². The number of nitrogens with zero attached hydrogens (tertiary/aromatic N) is 3. The Kier molecular flexibility index (Phi) is 5.21. The number of rotatable bonds is 4. The Morgan fingerprint density at radius 1 is 1.38 bits per heavy atom. The summed E-state index contributed by atoms with van der Waals surface area (Å²) in [4.78, 5) is 19.2. The molecule has 1 aromatic heterocycles. The Bertz CT molecular complexity index is 707. The molecule has 1 amide bonds. The van der Waals surface area contributed by atoms with Gasteiger partial charge in [0.15, 0.2) is 0 Å². The predicted octanol–water partition coefficient (Wildman–Crippen LogP) is 2.99. The van der Waals surface area contributed by atoms with E-state index in [0.29, 0.717) is 17.3 Å². The molecular weight excluding hydrogens is 324 g/mol.